The Morgan fingerprint density at radius 2 is 1.48 bits per heavy atom. The van der Waals surface area contributed by atoms with Gasteiger partial charge in [0.25, 0.3) is 0 Å². The highest BCUT2D eigenvalue weighted by Gasteiger charge is 2.41. The number of quaternary nitrogens is 1. The fourth-order valence-electron chi connectivity index (χ4n) is 2.82. The summed E-state index contributed by atoms with van der Waals surface area (Å²) in [4.78, 5) is 4.61. The van der Waals surface area contributed by atoms with Crippen LogP contribution in [0.5, 0.6) is 0 Å². The molecule has 21 heavy (non-hydrogen) atoms. The van der Waals surface area contributed by atoms with Gasteiger partial charge in [0.05, 0.1) is 11.8 Å². The van der Waals surface area contributed by atoms with Crippen molar-refractivity contribution < 1.29 is 0 Å². The summed E-state index contributed by atoms with van der Waals surface area (Å²) in [5, 5.41) is 9.17. The molecule has 0 aromatic heterocycles. The fourth-order valence-corrected chi connectivity index (χ4v) is 2.82. The molecule has 2 aromatic carbocycles. The molecule has 1 aliphatic rings. The van der Waals surface area contributed by atoms with Crippen LogP contribution in [-0.2, 0) is 0 Å². The monoisotopic (exact) mass is 274 g/mol. The zero-order valence-corrected chi connectivity index (χ0v) is 11.9. The second-order valence-electron chi connectivity index (χ2n) is 5.03. The van der Waals surface area contributed by atoms with Crippen LogP contribution < -0.4 is 4.48 Å². The standard InChI is InChI=1S/C18H16N3/c1-15-14-21(18(20-15)12-13-19,16-8-4-2-5-9-16)17-10-6-3-7-11-17/h2-11,14H,12H2,1H3/q+1. The highest BCUT2D eigenvalue weighted by Crippen LogP contribution is 2.40. The highest BCUT2D eigenvalue weighted by molar-refractivity contribution is 6.03. The normalized spacial score (nSPS) is 16.0. The van der Waals surface area contributed by atoms with Crippen molar-refractivity contribution in [3.8, 4) is 6.07 Å². The average Bonchev–Trinajstić information content (AvgIpc) is 2.87. The number of amidine groups is 1. The number of hydrogen-bond acceptors (Lipinski definition) is 2. The van der Waals surface area contributed by atoms with Crippen LogP contribution >= 0.6 is 0 Å². The van der Waals surface area contributed by atoms with Crippen molar-refractivity contribution in [2.24, 2.45) is 4.99 Å². The van der Waals surface area contributed by atoms with E-state index in [9.17, 15) is 5.26 Å². The van der Waals surface area contributed by atoms with E-state index >= 15 is 0 Å². The maximum Gasteiger partial charge on any atom is 0.232 e. The van der Waals surface area contributed by atoms with Crippen molar-refractivity contribution in [3.05, 3.63) is 72.6 Å². The van der Waals surface area contributed by atoms with E-state index in [0.29, 0.717) is 10.9 Å². The third kappa shape index (κ3) is 2.16. The lowest BCUT2D eigenvalue weighted by Crippen LogP contribution is -2.42. The van der Waals surface area contributed by atoms with Crippen LogP contribution in [0.15, 0.2) is 77.6 Å². The minimum Gasteiger partial charge on any atom is -0.198 e. The van der Waals surface area contributed by atoms with E-state index in [1.165, 1.54) is 0 Å². The number of nitrogens with zero attached hydrogens (tertiary/aromatic N) is 3. The summed E-state index contributed by atoms with van der Waals surface area (Å²) in [6, 6.07) is 22.6. The molecule has 3 nitrogen and oxygen atoms in total. The van der Waals surface area contributed by atoms with Gasteiger partial charge in [-0.1, -0.05) is 36.4 Å². The van der Waals surface area contributed by atoms with Gasteiger partial charge < -0.3 is 0 Å². The molecule has 0 atom stereocenters. The lowest BCUT2D eigenvalue weighted by molar-refractivity contribution is 0.733. The Balaban J connectivity index is 2.27. The topological polar surface area (TPSA) is 36.1 Å². The molecular weight excluding hydrogens is 258 g/mol. The van der Waals surface area contributed by atoms with E-state index < -0.39 is 0 Å². The summed E-state index contributed by atoms with van der Waals surface area (Å²) < 4.78 is 0.404. The van der Waals surface area contributed by atoms with Crippen LogP contribution in [-0.4, -0.2) is 5.84 Å². The minimum absolute atomic E-state index is 0.303. The summed E-state index contributed by atoms with van der Waals surface area (Å²) in [5.41, 5.74) is 3.12. The van der Waals surface area contributed by atoms with E-state index in [1.807, 2.05) is 43.3 Å². The molecular formula is C18H16N3+. The molecule has 0 saturated heterocycles. The molecule has 0 bridgehead atoms. The summed E-state index contributed by atoms with van der Waals surface area (Å²) in [6.45, 7) is 1.98. The molecule has 2 aromatic rings. The van der Waals surface area contributed by atoms with Gasteiger partial charge in [-0.05, 0) is 6.92 Å². The number of aliphatic imine (C=N–C) groups is 1. The molecule has 0 amide bonds. The Kier molecular flexibility index (Phi) is 3.39. The van der Waals surface area contributed by atoms with E-state index in [4.69, 9.17) is 0 Å². The van der Waals surface area contributed by atoms with E-state index in [1.54, 1.807) is 0 Å². The van der Waals surface area contributed by atoms with Crippen molar-refractivity contribution in [3.63, 3.8) is 0 Å². The van der Waals surface area contributed by atoms with Crippen molar-refractivity contribution in [1.29, 1.82) is 5.26 Å². The Morgan fingerprint density at radius 1 is 0.952 bits per heavy atom. The second-order valence-corrected chi connectivity index (χ2v) is 5.03. The molecule has 0 aliphatic carbocycles. The van der Waals surface area contributed by atoms with Gasteiger partial charge in [0, 0.05) is 24.3 Å². The zero-order chi connectivity index (χ0) is 14.7. The first-order valence-electron chi connectivity index (χ1n) is 6.92. The summed E-state index contributed by atoms with van der Waals surface area (Å²) in [5.74, 6) is 0.840. The predicted molar refractivity (Wildman–Crippen MR) is 85.8 cm³/mol. The molecule has 3 heteroatoms. The smallest absolute Gasteiger partial charge is 0.198 e. The number of benzene rings is 2. The third-order valence-corrected chi connectivity index (χ3v) is 3.66. The van der Waals surface area contributed by atoms with Gasteiger partial charge in [0.1, 0.15) is 24.0 Å². The molecule has 0 radical (unpaired) electrons. The Labute approximate surface area is 124 Å². The van der Waals surface area contributed by atoms with Crippen molar-refractivity contribution in [2.45, 2.75) is 13.3 Å². The first kappa shape index (κ1) is 13.3. The van der Waals surface area contributed by atoms with E-state index in [2.05, 4.69) is 41.5 Å². The van der Waals surface area contributed by atoms with Gasteiger partial charge >= 0.3 is 0 Å². The van der Waals surface area contributed by atoms with Gasteiger partial charge in [-0.3, -0.25) is 0 Å². The van der Waals surface area contributed by atoms with E-state index in [-0.39, 0.29) is 0 Å². The number of hydrogen-bond donors (Lipinski definition) is 0. The molecule has 0 saturated carbocycles. The van der Waals surface area contributed by atoms with Crippen LogP contribution in [0.3, 0.4) is 0 Å². The van der Waals surface area contributed by atoms with Crippen LogP contribution in [0.4, 0.5) is 11.4 Å². The summed E-state index contributed by atoms with van der Waals surface area (Å²) in [7, 11) is 0. The lowest BCUT2D eigenvalue weighted by Gasteiger charge is -2.30. The molecule has 0 N–H and O–H groups in total. The quantitative estimate of drug-likeness (QED) is 0.758. The Hall–Kier alpha value is -2.70. The van der Waals surface area contributed by atoms with Crippen LogP contribution in [0.1, 0.15) is 13.3 Å². The van der Waals surface area contributed by atoms with Crippen molar-refractivity contribution >= 4 is 17.2 Å². The molecule has 0 unspecified atom stereocenters. The SMILES string of the molecule is CC1=C[N+](c2ccccc2)(c2ccccc2)C(CC#N)=N1. The molecule has 102 valence electrons. The minimum atomic E-state index is 0.303. The van der Waals surface area contributed by atoms with E-state index in [0.717, 1.165) is 22.9 Å². The Morgan fingerprint density at radius 3 is 1.95 bits per heavy atom. The number of nitriles is 1. The van der Waals surface area contributed by atoms with Crippen LogP contribution in [0.25, 0.3) is 0 Å². The van der Waals surface area contributed by atoms with Gasteiger partial charge in [-0.25, -0.2) is 0 Å². The number of para-hydroxylation sites is 2. The number of allylic oxidation sites excluding steroid dienone is 1. The Bertz CT molecular complexity index is 698. The average molecular weight is 274 g/mol. The van der Waals surface area contributed by atoms with Gasteiger partial charge in [0.15, 0.2) is 0 Å². The zero-order valence-electron chi connectivity index (χ0n) is 11.9. The molecule has 3 rings (SSSR count). The van der Waals surface area contributed by atoms with Crippen molar-refractivity contribution in [1.82, 2.24) is 4.48 Å². The third-order valence-electron chi connectivity index (χ3n) is 3.66. The highest BCUT2D eigenvalue weighted by atomic mass is 15.4. The first-order valence-corrected chi connectivity index (χ1v) is 6.92. The maximum absolute atomic E-state index is 9.17. The summed E-state index contributed by atoms with van der Waals surface area (Å²) in [6.07, 6.45) is 2.41. The lowest BCUT2D eigenvalue weighted by atomic mass is 10.1. The number of rotatable bonds is 3. The first-order chi connectivity index (χ1) is 10.3. The molecule has 1 heterocycles. The van der Waals surface area contributed by atoms with Crippen LogP contribution in [0, 0.1) is 11.3 Å². The summed E-state index contributed by atoms with van der Waals surface area (Å²) >= 11 is 0. The van der Waals surface area contributed by atoms with Crippen molar-refractivity contribution in [2.75, 3.05) is 0 Å². The second kappa shape index (κ2) is 5.35. The largest absolute Gasteiger partial charge is 0.232 e. The van der Waals surface area contributed by atoms with Gasteiger partial charge in [-0.2, -0.15) is 14.7 Å². The van der Waals surface area contributed by atoms with Gasteiger partial charge in [-0.15, -0.1) is 0 Å². The maximum atomic E-state index is 9.17. The fraction of sp³-hybridized carbons (Fsp3) is 0.111. The predicted octanol–water partition coefficient (Wildman–Crippen LogP) is 4.51. The van der Waals surface area contributed by atoms with Crippen LogP contribution in [0.2, 0.25) is 0 Å². The van der Waals surface area contributed by atoms with Gasteiger partial charge in [0.2, 0.25) is 5.84 Å². The molecule has 1 aliphatic heterocycles. The molecule has 0 fully saturated rings. The molecule has 0 spiro atoms.